The van der Waals surface area contributed by atoms with Gasteiger partial charge in [0.1, 0.15) is 0 Å². The average molecular weight is 246 g/mol. The lowest BCUT2D eigenvalue weighted by atomic mass is 10.1. The molecule has 5 heteroatoms. The van der Waals surface area contributed by atoms with Crippen LogP contribution in [0.2, 0.25) is 0 Å². The van der Waals surface area contributed by atoms with Crippen LogP contribution in [0.4, 0.5) is 0 Å². The fraction of sp³-hybridized carbons (Fsp3) is 0.385. The van der Waals surface area contributed by atoms with Gasteiger partial charge in [0.25, 0.3) is 0 Å². The van der Waals surface area contributed by atoms with E-state index in [4.69, 9.17) is 0 Å². The Hall–Kier alpha value is -1.72. The van der Waals surface area contributed by atoms with Crippen LogP contribution in [0.3, 0.4) is 0 Å². The molecular formula is C13H18N4O. The summed E-state index contributed by atoms with van der Waals surface area (Å²) in [5.41, 5.74) is 2.73. The van der Waals surface area contributed by atoms with E-state index >= 15 is 0 Å². The SMILES string of the molecule is CC(C)(CO)NCc1cn[nH]c1-c1cccnc1. The zero-order valence-electron chi connectivity index (χ0n) is 10.6. The van der Waals surface area contributed by atoms with E-state index in [1.807, 2.05) is 26.0 Å². The Morgan fingerprint density at radius 1 is 1.39 bits per heavy atom. The summed E-state index contributed by atoms with van der Waals surface area (Å²) >= 11 is 0. The molecule has 0 atom stereocenters. The molecule has 0 fully saturated rings. The van der Waals surface area contributed by atoms with Gasteiger partial charge in [0.05, 0.1) is 18.5 Å². The molecule has 0 aliphatic rings. The molecule has 5 nitrogen and oxygen atoms in total. The van der Waals surface area contributed by atoms with Crippen LogP contribution in [-0.4, -0.2) is 32.4 Å². The first-order valence-electron chi connectivity index (χ1n) is 5.91. The van der Waals surface area contributed by atoms with Crippen LogP contribution in [0.25, 0.3) is 11.3 Å². The van der Waals surface area contributed by atoms with Crippen LogP contribution < -0.4 is 5.32 Å². The maximum Gasteiger partial charge on any atom is 0.0710 e. The van der Waals surface area contributed by atoms with Gasteiger partial charge in [-0.25, -0.2) is 0 Å². The third kappa shape index (κ3) is 2.94. The van der Waals surface area contributed by atoms with Crippen molar-refractivity contribution >= 4 is 0 Å². The number of aromatic amines is 1. The zero-order chi connectivity index (χ0) is 13.0. The Morgan fingerprint density at radius 2 is 2.22 bits per heavy atom. The van der Waals surface area contributed by atoms with E-state index in [0.717, 1.165) is 16.8 Å². The summed E-state index contributed by atoms with van der Waals surface area (Å²) in [5.74, 6) is 0. The molecule has 2 aromatic rings. The molecule has 2 rings (SSSR count). The lowest BCUT2D eigenvalue weighted by molar-refractivity contribution is 0.187. The van der Waals surface area contributed by atoms with Gasteiger partial charge in [0.2, 0.25) is 0 Å². The molecule has 0 spiro atoms. The summed E-state index contributed by atoms with van der Waals surface area (Å²) in [6, 6.07) is 3.88. The standard InChI is InChI=1S/C13H18N4O/c1-13(2,9-18)15-7-11-8-16-17-12(11)10-4-3-5-14-6-10/h3-6,8,15,18H,7,9H2,1-2H3,(H,16,17). The second-order valence-corrected chi connectivity index (χ2v) is 4.91. The quantitative estimate of drug-likeness (QED) is 0.744. The van der Waals surface area contributed by atoms with Crippen molar-refractivity contribution in [3.8, 4) is 11.3 Å². The highest BCUT2D eigenvalue weighted by atomic mass is 16.3. The lowest BCUT2D eigenvalue weighted by Crippen LogP contribution is -2.42. The maximum absolute atomic E-state index is 9.21. The number of aromatic nitrogens is 3. The summed E-state index contributed by atoms with van der Waals surface area (Å²) in [6.45, 7) is 4.65. The minimum Gasteiger partial charge on any atom is -0.394 e. The number of rotatable bonds is 5. The van der Waals surface area contributed by atoms with Crippen LogP contribution in [0.1, 0.15) is 19.4 Å². The Kier molecular flexibility index (Phi) is 3.74. The van der Waals surface area contributed by atoms with E-state index in [-0.39, 0.29) is 12.1 Å². The minimum atomic E-state index is -0.302. The number of nitrogens with one attached hydrogen (secondary N) is 2. The molecule has 0 amide bonds. The smallest absolute Gasteiger partial charge is 0.0710 e. The number of aliphatic hydroxyl groups is 1. The molecule has 0 aliphatic carbocycles. The number of hydrogen-bond donors (Lipinski definition) is 3. The van der Waals surface area contributed by atoms with Gasteiger partial charge >= 0.3 is 0 Å². The predicted molar refractivity (Wildman–Crippen MR) is 69.8 cm³/mol. The third-order valence-corrected chi connectivity index (χ3v) is 2.82. The Labute approximate surface area is 106 Å². The average Bonchev–Trinajstić information content (AvgIpc) is 2.86. The summed E-state index contributed by atoms with van der Waals surface area (Å²) < 4.78 is 0. The fourth-order valence-electron chi connectivity index (χ4n) is 1.60. The first-order valence-corrected chi connectivity index (χ1v) is 5.91. The second kappa shape index (κ2) is 5.29. The Balaban J connectivity index is 2.14. The number of hydrogen-bond acceptors (Lipinski definition) is 4. The molecular weight excluding hydrogens is 228 g/mol. The maximum atomic E-state index is 9.21. The highest BCUT2D eigenvalue weighted by Gasteiger charge is 2.16. The topological polar surface area (TPSA) is 73.8 Å². The van der Waals surface area contributed by atoms with E-state index in [1.165, 1.54) is 0 Å². The first-order chi connectivity index (χ1) is 8.62. The number of pyridine rings is 1. The van der Waals surface area contributed by atoms with Gasteiger partial charge in [0, 0.05) is 35.6 Å². The third-order valence-electron chi connectivity index (χ3n) is 2.82. The Morgan fingerprint density at radius 3 is 2.89 bits per heavy atom. The zero-order valence-corrected chi connectivity index (χ0v) is 10.6. The van der Waals surface area contributed by atoms with Gasteiger partial charge in [-0.1, -0.05) is 0 Å². The van der Waals surface area contributed by atoms with E-state index in [1.54, 1.807) is 18.6 Å². The molecule has 2 aromatic heterocycles. The van der Waals surface area contributed by atoms with Crippen LogP contribution in [-0.2, 0) is 6.54 Å². The molecule has 96 valence electrons. The van der Waals surface area contributed by atoms with Crippen molar-refractivity contribution in [2.45, 2.75) is 25.9 Å². The second-order valence-electron chi connectivity index (χ2n) is 4.91. The van der Waals surface area contributed by atoms with Gasteiger partial charge in [0.15, 0.2) is 0 Å². The summed E-state index contributed by atoms with van der Waals surface area (Å²) in [6.07, 6.45) is 5.34. The van der Waals surface area contributed by atoms with Crippen molar-refractivity contribution in [1.82, 2.24) is 20.5 Å². The molecule has 0 unspecified atom stereocenters. The van der Waals surface area contributed by atoms with Crippen molar-refractivity contribution in [2.75, 3.05) is 6.61 Å². The number of aliphatic hydroxyl groups excluding tert-OH is 1. The van der Waals surface area contributed by atoms with Gasteiger partial charge < -0.3 is 10.4 Å². The van der Waals surface area contributed by atoms with E-state index < -0.39 is 0 Å². The van der Waals surface area contributed by atoms with E-state index in [0.29, 0.717) is 6.54 Å². The minimum absolute atomic E-state index is 0.0904. The molecule has 0 aromatic carbocycles. The Bertz CT molecular complexity index is 493. The van der Waals surface area contributed by atoms with Crippen molar-refractivity contribution in [2.24, 2.45) is 0 Å². The molecule has 0 saturated carbocycles. The van der Waals surface area contributed by atoms with E-state index in [9.17, 15) is 5.11 Å². The van der Waals surface area contributed by atoms with E-state index in [2.05, 4.69) is 20.5 Å². The van der Waals surface area contributed by atoms with Gasteiger partial charge in [-0.15, -0.1) is 0 Å². The molecule has 18 heavy (non-hydrogen) atoms. The molecule has 0 radical (unpaired) electrons. The van der Waals surface area contributed by atoms with Gasteiger partial charge in [-0.05, 0) is 26.0 Å². The number of H-pyrrole nitrogens is 1. The monoisotopic (exact) mass is 246 g/mol. The predicted octanol–water partition coefficient (Wildman–Crippen LogP) is 1.33. The van der Waals surface area contributed by atoms with Crippen molar-refractivity contribution in [3.05, 3.63) is 36.3 Å². The fourth-order valence-corrected chi connectivity index (χ4v) is 1.60. The first kappa shape index (κ1) is 12.7. The van der Waals surface area contributed by atoms with Gasteiger partial charge in [-0.3, -0.25) is 10.1 Å². The normalized spacial score (nSPS) is 11.7. The highest BCUT2D eigenvalue weighted by Crippen LogP contribution is 2.20. The van der Waals surface area contributed by atoms with Crippen LogP contribution in [0.5, 0.6) is 0 Å². The van der Waals surface area contributed by atoms with Crippen LogP contribution in [0.15, 0.2) is 30.7 Å². The molecule has 0 aliphatic heterocycles. The summed E-state index contributed by atoms with van der Waals surface area (Å²) in [4.78, 5) is 4.10. The molecule has 0 bridgehead atoms. The number of nitrogens with zero attached hydrogens (tertiary/aromatic N) is 2. The van der Waals surface area contributed by atoms with Crippen molar-refractivity contribution in [3.63, 3.8) is 0 Å². The van der Waals surface area contributed by atoms with Crippen molar-refractivity contribution < 1.29 is 5.11 Å². The van der Waals surface area contributed by atoms with Gasteiger partial charge in [-0.2, -0.15) is 5.10 Å². The largest absolute Gasteiger partial charge is 0.394 e. The molecule has 2 heterocycles. The summed E-state index contributed by atoms with van der Waals surface area (Å²) in [5, 5.41) is 19.6. The van der Waals surface area contributed by atoms with Crippen LogP contribution >= 0.6 is 0 Å². The lowest BCUT2D eigenvalue weighted by Gasteiger charge is -2.23. The summed E-state index contributed by atoms with van der Waals surface area (Å²) in [7, 11) is 0. The molecule has 3 N–H and O–H groups in total. The molecule has 0 saturated heterocycles. The highest BCUT2D eigenvalue weighted by molar-refractivity contribution is 5.61. The van der Waals surface area contributed by atoms with Crippen molar-refractivity contribution in [1.29, 1.82) is 0 Å². The van der Waals surface area contributed by atoms with Crippen LogP contribution in [0, 0.1) is 0 Å².